The molecule has 1 aliphatic rings. The van der Waals surface area contributed by atoms with E-state index in [2.05, 4.69) is 15.0 Å². The maximum Gasteiger partial charge on any atom is 0.350 e. The van der Waals surface area contributed by atoms with E-state index in [4.69, 9.17) is 0 Å². The molecule has 1 aromatic heterocycles. The Morgan fingerprint density at radius 2 is 2.38 bits per heavy atom. The van der Waals surface area contributed by atoms with E-state index in [-0.39, 0.29) is 5.97 Å². The first-order valence-electron chi connectivity index (χ1n) is 5.50. The number of hydrogen-bond donors (Lipinski definition) is 1. The molecule has 1 N–H and O–H groups in total. The van der Waals surface area contributed by atoms with Gasteiger partial charge >= 0.3 is 5.97 Å². The van der Waals surface area contributed by atoms with Crippen LogP contribution < -0.4 is 5.32 Å². The molecule has 4 nitrogen and oxygen atoms in total. The van der Waals surface area contributed by atoms with Crippen LogP contribution in [0.5, 0.6) is 0 Å². The highest BCUT2D eigenvalue weighted by Crippen LogP contribution is 2.32. The lowest BCUT2D eigenvalue weighted by Gasteiger charge is -1.99. The molecule has 0 bridgehead atoms. The summed E-state index contributed by atoms with van der Waals surface area (Å²) >= 11 is 1.37. The average molecular weight is 240 g/mol. The van der Waals surface area contributed by atoms with Gasteiger partial charge in [0, 0.05) is 6.54 Å². The summed E-state index contributed by atoms with van der Waals surface area (Å²) in [6.45, 7) is 2.77. The first kappa shape index (κ1) is 11.4. The number of thiazole rings is 1. The third kappa shape index (κ3) is 2.72. The van der Waals surface area contributed by atoms with Crippen LogP contribution in [0.25, 0.3) is 0 Å². The Labute approximate surface area is 99.0 Å². The molecule has 0 atom stereocenters. The van der Waals surface area contributed by atoms with E-state index in [1.165, 1.54) is 37.7 Å². The van der Waals surface area contributed by atoms with Crippen LogP contribution in [0.4, 0.5) is 5.13 Å². The number of carbonyl (C=O) groups is 1. The molecule has 1 fully saturated rings. The van der Waals surface area contributed by atoms with Crippen LogP contribution in [-0.4, -0.2) is 24.6 Å². The first-order chi connectivity index (χ1) is 7.70. The van der Waals surface area contributed by atoms with Gasteiger partial charge in [-0.05, 0) is 19.3 Å². The molecule has 1 saturated carbocycles. The summed E-state index contributed by atoms with van der Waals surface area (Å²) < 4.78 is 4.69. The predicted octanol–water partition coefficient (Wildman–Crippen LogP) is 2.45. The van der Waals surface area contributed by atoms with Gasteiger partial charge in [-0.1, -0.05) is 24.2 Å². The Kier molecular flexibility index (Phi) is 3.43. The largest absolute Gasteiger partial charge is 0.465 e. The number of methoxy groups -OCH3 is 1. The fourth-order valence-corrected chi connectivity index (χ4v) is 2.45. The SMILES string of the molecule is COC(=O)c1sc(NCCC2CC2)nc1C. The number of esters is 1. The maximum absolute atomic E-state index is 11.4. The molecule has 0 aliphatic heterocycles. The molecule has 5 heteroatoms. The molecular weight excluding hydrogens is 224 g/mol. The Balaban J connectivity index is 1.91. The van der Waals surface area contributed by atoms with Gasteiger partial charge < -0.3 is 10.1 Å². The fourth-order valence-electron chi connectivity index (χ4n) is 1.54. The third-order valence-corrected chi connectivity index (χ3v) is 3.79. The lowest BCUT2D eigenvalue weighted by atomic mass is 10.3. The summed E-state index contributed by atoms with van der Waals surface area (Å²) in [5.41, 5.74) is 0.741. The minimum Gasteiger partial charge on any atom is -0.465 e. The predicted molar refractivity (Wildman–Crippen MR) is 64.0 cm³/mol. The monoisotopic (exact) mass is 240 g/mol. The number of aryl methyl sites for hydroxylation is 1. The van der Waals surface area contributed by atoms with E-state index in [9.17, 15) is 4.79 Å². The van der Waals surface area contributed by atoms with Gasteiger partial charge in [0.1, 0.15) is 4.88 Å². The molecule has 2 rings (SSSR count). The Morgan fingerprint density at radius 3 is 3.00 bits per heavy atom. The van der Waals surface area contributed by atoms with Gasteiger partial charge in [-0.15, -0.1) is 0 Å². The van der Waals surface area contributed by atoms with Crippen LogP contribution in [0.15, 0.2) is 0 Å². The summed E-state index contributed by atoms with van der Waals surface area (Å²) in [5, 5.41) is 4.07. The molecule has 1 heterocycles. The Bertz CT molecular complexity index is 385. The molecule has 0 spiro atoms. The van der Waals surface area contributed by atoms with Gasteiger partial charge in [0.15, 0.2) is 5.13 Å². The van der Waals surface area contributed by atoms with Crippen molar-refractivity contribution in [1.29, 1.82) is 0 Å². The quantitative estimate of drug-likeness (QED) is 0.803. The number of rotatable bonds is 5. The number of aromatic nitrogens is 1. The van der Waals surface area contributed by atoms with Crippen molar-refractivity contribution in [1.82, 2.24) is 4.98 Å². The highest BCUT2D eigenvalue weighted by atomic mass is 32.1. The van der Waals surface area contributed by atoms with Crippen LogP contribution in [0.3, 0.4) is 0 Å². The molecule has 0 amide bonds. The van der Waals surface area contributed by atoms with Gasteiger partial charge in [-0.25, -0.2) is 9.78 Å². The molecule has 0 saturated heterocycles. The topological polar surface area (TPSA) is 51.2 Å². The van der Waals surface area contributed by atoms with E-state index in [1.54, 1.807) is 0 Å². The zero-order valence-corrected chi connectivity index (χ0v) is 10.4. The lowest BCUT2D eigenvalue weighted by molar-refractivity contribution is 0.0605. The minimum atomic E-state index is -0.301. The summed E-state index contributed by atoms with van der Waals surface area (Å²) in [4.78, 5) is 16.3. The van der Waals surface area contributed by atoms with Crippen molar-refractivity contribution in [3.63, 3.8) is 0 Å². The van der Waals surface area contributed by atoms with Crippen LogP contribution in [0.2, 0.25) is 0 Å². The first-order valence-corrected chi connectivity index (χ1v) is 6.32. The number of ether oxygens (including phenoxy) is 1. The number of hydrogen-bond acceptors (Lipinski definition) is 5. The molecule has 1 aromatic rings. The van der Waals surface area contributed by atoms with Crippen LogP contribution in [-0.2, 0) is 4.74 Å². The van der Waals surface area contributed by atoms with Crippen molar-refractivity contribution in [2.45, 2.75) is 26.2 Å². The normalized spacial score (nSPS) is 14.9. The van der Waals surface area contributed by atoms with E-state index < -0.39 is 0 Å². The Hall–Kier alpha value is -1.10. The summed E-state index contributed by atoms with van der Waals surface area (Å²) in [7, 11) is 1.39. The van der Waals surface area contributed by atoms with Crippen molar-refractivity contribution in [3.8, 4) is 0 Å². The van der Waals surface area contributed by atoms with Gasteiger partial charge in [0.05, 0.1) is 12.8 Å². The maximum atomic E-state index is 11.4. The highest BCUT2D eigenvalue weighted by molar-refractivity contribution is 7.17. The molecule has 0 radical (unpaired) electrons. The second kappa shape index (κ2) is 4.82. The second-order valence-electron chi connectivity index (χ2n) is 4.08. The van der Waals surface area contributed by atoms with Crippen molar-refractivity contribution >= 4 is 22.4 Å². The smallest absolute Gasteiger partial charge is 0.350 e. The lowest BCUT2D eigenvalue weighted by Crippen LogP contribution is -2.01. The molecule has 16 heavy (non-hydrogen) atoms. The summed E-state index contributed by atoms with van der Waals surface area (Å²) in [5.74, 6) is 0.610. The molecular formula is C11H16N2O2S. The highest BCUT2D eigenvalue weighted by Gasteiger charge is 2.21. The number of nitrogens with one attached hydrogen (secondary N) is 1. The van der Waals surface area contributed by atoms with Crippen LogP contribution in [0.1, 0.15) is 34.6 Å². The van der Waals surface area contributed by atoms with Crippen molar-refractivity contribution in [2.75, 3.05) is 19.0 Å². The number of nitrogens with zero attached hydrogens (tertiary/aromatic N) is 1. The van der Waals surface area contributed by atoms with Crippen molar-refractivity contribution < 1.29 is 9.53 Å². The number of anilines is 1. The fraction of sp³-hybridized carbons (Fsp3) is 0.636. The zero-order valence-electron chi connectivity index (χ0n) is 9.58. The van der Waals surface area contributed by atoms with Gasteiger partial charge in [0.2, 0.25) is 0 Å². The Morgan fingerprint density at radius 1 is 1.62 bits per heavy atom. The van der Waals surface area contributed by atoms with Crippen molar-refractivity contribution in [2.24, 2.45) is 5.92 Å². The minimum absolute atomic E-state index is 0.301. The van der Waals surface area contributed by atoms with Gasteiger partial charge in [-0.3, -0.25) is 0 Å². The molecule has 0 aromatic carbocycles. The molecule has 0 unspecified atom stereocenters. The van der Waals surface area contributed by atoms with Gasteiger partial charge in [-0.2, -0.15) is 0 Å². The average Bonchev–Trinajstić information content (AvgIpc) is 3.01. The van der Waals surface area contributed by atoms with Crippen molar-refractivity contribution in [3.05, 3.63) is 10.6 Å². The third-order valence-electron chi connectivity index (χ3n) is 2.69. The van der Waals surface area contributed by atoms with E-state index in [0.717, 1.165) is 23.3 Å². The van der Waals surface area contributed by atoms with E-state index >= 15 is 0 Å². The van der Waals surface area contributed by atoms with E-state index in [1.807, 2.05) is 6.92 Å². The van der Waals surface area contributed by atoms with Crippen LogP contribution in [0, 0.1) is 12.8 Å². The second-order valence-corrected chi connectivity index (χ2v) is 5.08. The summed E-state index contributed by atoms with van der Waals surface area (Å²) in [6.07, 6.45) is 3.93. The summed E-state index contributed by atoms with van der Waals surface area (Å²) in [6, 6.07) is 0. The molecule has 88 valence electrons. The number of carbonyl (C=O) groups excluding carboxylic acids is 1. The van der Waals surface area contributed by atoms with E-state index in [0.29, 0.717) is 4.88 Å². The van der Waals surface area contributed by atoms with Crippen LogP contribution >= 0.6 is 11.3 Å². The molecule has 1 aliphatic carbocycles. The van der Waals surface area contributed by atoms with Gasteiger partial charge in [0.25, 0.3) is 0 Å². The zero-order chi connectivity index (χ0) is 11.5. The standard InChI is InChI=1S/C11H16N2O2S/c1-7-9(10(14)15-2)16-11(13-7)12-6-5-8-3-4-8/h8H,3-6H2,1-2H3,(H,12,13).